The minimum Gasteiger partial charge on any atom is -0.444 e. The number of nitrogens with zero attached hydrogens (tertiary/aromatic N) is 2. The van der Waals surface area contributed by atoms with Gasteiger partial charge in [-0.1, -0.05) is 12.1 Å². The second kappa shape index (κ2) is 8.72. The van der Waals surface area contributed by atoms with Gasteiger partial charge in [0.25, 0.3) is 0 Å². The van der Waals surface area contributed by atoms with E-state index in [1.54, 1.807) is 29.2 Å². The highest BCUT2D eigenvalue weighted by atomic mass is 32.2. The summed E-state index contributed by atoms with van der Waals surface area (Å²) in [4.78, 5) is 13.7. The molecule has 1 aromatic rings. The molecule has 0 unspecified atom stereocenters. The highest BCUT2D eigenvalue weighted by Crippen LogP contribution is 2.19. The van der Waals surface area contributed by atoms with Gasteiger partial charge in [-0.05, 0) is 57.2 Å². The molecule has 0 aliphatic carbocycles. The van der Waals surface area contributed by atoms with E-state index < -0.39 is 15.6 Å². The van der Waals surface area contributed by atoms with E-state index in [9.17, 15) is 13.2 Å². The van der Waals surface area contributed by atoms with Crippen LogP contribution >= 0.6 is 0 Å². The predicted octanol–water partition coefficient (Wildman–Crippen LogP) is 2.62. The molecule has 1 saturated heterocycles. The third kappa shape index (κ3) is 7.19. The number of carbonyl (C=O) groups is 1. The minimum absolute atomic E-state index is 0.116. The maximum Gasteiger partial charge on any atom is 0.410 e. The molecule has 7 nitrogen and oxygen atoms in total. The van der Waals surface area contributed by atoms with Crippen LogP contribution in [0.3, 0.4) is 0 Å². The summed E-state index contributed by atoms with van der Waals surface area (Å²) >= 11 is 0. The molecule has 0 spiro atoms. The average Bonchev–Trinajstić information content (AvgIpc) is 2.59. The summed E-state index contributed by atoms with van der Waals surface area (Å²) in [5.74, 6) is 0.0783. The average molecular weight is 394 g/mol. The quantitative estimate of drug-likeness (QED) is 0.829. The number of piperidine rings is 1. The van der Waals surface area contributed by atoms with E-state index in [0.29, 0.717) is 30.8 Å². The van der Waals surface area contributed by atoms with Crippen molar-refractivity contribution in [1.82, 2.24) is 9.62 Å². The van der Waals surface area contributed by atoms with Crippen LogP contribution in [0.4, 0.5) is 4.79 Å². The Morgan fingerprint density at radius 3 is 2.37 bits per heavy atom. The fraction of sp³-hybridized carbons (Fsp3) is 0.579. The maximum atomic E-state index is 12.3. The Balaban J connectivity index is 1.78. The summed E-state index contributed by atoms with van der Waals surface area (Å²) in [6.07, 6.45) is 1.15. The molecule has 1 fully saturated rings. The van der Waals surface area contributed by atoms with Gasteiger partial charge in [-0.25, -0.2) is 17.9 Å². The third-order valence-electron chi connectivity index (χ3n) is 4.30. The van der Waals surface area contributed by atoms with Gasteiger partial charge in [0.2, 0.25) is 10.0 Å². The van der Waals surface area contributed by atoms with Crippen molar-refractivity contribution in [3.63, 3.8) is 0 Å². The number of rotatable bonds is 5. The van der Waals surface area contributed by atoms with Gasteiger partial charge in [-0.2, -0.15) is 5.26 Å². The molecule has 1 aliphatic rings. The van der Waals surface area contributed by atoms with E-state index in [1.807, 2.05) is 26.8 Å². The summed E-state index contributed by atoms with van der Waals surface area (Å²) in [7, 11) is -3.45. The molecule has 0 bridgehead atoms. The summed E-state index contributed by atoms with van der Waals surface area (Å²) in [6.45, 7) is 7.00. The number of amides is 1. The molecular weight excluding hydrogens is 366 g/mol. The van der Waals surface area contributed by atoms with Crippen molar-refractivity contribution in [1.29, 1.82) is 5.26 Å². The topological polar surface area (TPSA) is 99.5 Å². The molecule has 0 radical (unpaired) electrons. The van der Waals surface area contributed by atoms with Gasteiger partial charge in [-0.15, -0.1) is 0 Å². The predicted molar refractivity (Wildman–Crippen MR) is 102 cm³/mol. The Bertz CT molecular complexity index is 784. The zero-order valence-corrected chi connectivity index (χ0v) is 16.9. The molecule has 1 amide bonds. The Hall–Kier alpha value is -2.11. The van der Waals surface area contributed by atoms with Crippen LogP contribution in [-0.2, 0) is 20.5 Å². The van der Waals surface area contributed by atoms with Crippen LogP contribution < -0.4 is 4.72 Å². The maximum absolute atomic E-state index is 12.3. The second-order valence-corrected chi connectivity index (χ2v) is 9.63. The number of benzene rings is 1. The van der Waals surface area contributed by atoms with Crippen molar-refractivity contribution in [3.8, 4) is 6.07 Å². The molecule has 1 aliphatic heterocycles. The lowest BCUT2D eigenvalue weighted by molar-refractivity contribution is 0.0185. The molecular formula is C19H27N3O4S. The fourth-order valence-corrected chi connectivity index (χ4v) is 4.06. The summed E-state index contributed by atoms with van der Waals surface area (Å²) < 4.78 is 32.6. The molecule has 1 aromatic carbocycles. The number of nitrogens with one attached hydrogen (secondary N) is 1. The largest absolute Gasteiger partial charge is 0.444 e. The number of carbonyl (C=O) groups excluding carboxylic acids is 1. The van der Waals surface area contributed by atoms with E-state index in [0.717, 1.165) is 12.8 Å². The van der Waals surface area contributed by atoms with Crippen LogP contribution in [0, 0.1) is 17.2 Å². The molecule has 148 valence electrons. The van der Waals surface area contributed by atoms with Crippen LogP contribution in [0.2, 0.25) is 0 Å². The Labute approximate surface area is 161 Å². The van der Waals surface area contributed by atoms with Crippen LogP contribution in [0.25, 0.3) is 0 Å². The van der Waals surface area contributed by atoms with Gasteiger partial charge in [0.15, 0.2) is 0 Å². The molecule has 1 heterocycles. The van der Waals surface area contributed by atoms with Gasteiger partial charge in [-0.3, -0.25) is 0 Å². The lowest BCUT2D eigenvalue weighted by Gasteiger charge is -2.33. The van der Waals surface area contributed by atoms with Gasteiger partial charge in [0.05, 0.1) is 17.4 Å². The van der Waals surface area contributed by atoms with Gasteiger partial charge >= 0.3 is 6.09 Å². The first-order valence-electron chi connectivity index (χ1n) is 9.02. The zero-order valence-electron chi connectivity index (χ0n) is 16.1. The Kier molecular flexibility index (Phi) is 6.84. The first-order chi connectivity index (χ1) is 12.6. The van der Waals surface area contributed by atoms with Crippen LogP contribution in [0.15, 0.2) is 24.3 Å². The number of likely N-dealkylation sites (tertiary alicyclic amines) is 1. The highest BCUT2D eigenvalue weighted by molar-refractivity contribution is 7.88. The lowest BCUT2D eigenvalue weighted by Crippen LogP contribution is -2.43. The summed E-state index contributed by atoms with van der Waals surface area (Å²) in [5, 5.41) is 8.78. The molecule has 2 rings (SSSR count). The number of nitriles is 1. The van der Waals surface area contributed by atoms with Crippen molar-refractivity contribution in [3.05, 3.63) is 35.4 Å². The van der Waals surface area contributed by atoms with Crippen LogP contribution in [-0.4, -0.2) is 44.6 Å². The Morgan fingerprint density at radius 1 is 1.26 bits per heavy atom. The number of ether oxygens (including phenoxy) is 1. The fourth-order valence-electron chi connectivity index (χ4n) is 2.84. The number of sulfonamides is 1. The van der Waals surface area contributed by atoms with Crippen molar-refractivity contribution in [2.75, 3.05) is 19.6 Å². The smallest absolute Gasteiger partial charge is 0.410 e. The van der Waals surface area contributed by atoms with Crippen molar-refractivity contribution in [2.45, 2.75) is 45.0 Å². The SMILES string of the molecule is CC(C)(C)OC(=O)N1CCC(CNS(=O)(=O)Cc2ccc(C#N)cc2)CC1. The normalized spacial score (nSPS) is 16.0. The van der Waals surface area contributed by atoms with E-state index in [2.05, 4.69) is 4.72 Å². The third-order valence-corrected chi connectivity index (χ3v) is 5.62. The minimum atomic E-state index is -3.45. The van der Waals surface area contributed by atoms with Crippen molar-refractivity contribution in [2.24, 2.45) is 5.92 Å². The van der Waals surface area contributed by atoms with Crippen LogP contribution in [0.5, 0.6) is 0 Å². The molecule has 27 heavy (non-hydrogen) atoms. The summed E-state index contributed by atoms with van der Waals surface area (Å²) in [5.41, 5.74) is 0.622. The van der Waals surface area contributed by atoms with E-state index in [-0.39, 0.29) is 17.8 Å². The second-order valence-electron chi connectivity index (χ2n) is 7.83. The molecule has 0 saturated carbocycles. The highest BCUT2D eigenvalue weighted by Gasteiger charge is 2.27. The molecule has 0 aromatic heterocycles. The number of hydrogen-bond acceptors (Lipinski definition) is 5. The van der Waals surface area contributed by atoms with E-state index in [1.165, 1.54) is 0 Å². The van der Waals surface area contributed by atoms with Crippen molar-refractivity contribution >= 4 is 16.1 Å². The number of hydrogen-bond donors (Lipinski definition) is 1. The standard InChI is InChI=1S/C19H27N3O4S/c1-19(2,3)26-18(23)22-10-8-16(9-11-22)13-21-27(24,25)14-17-6-4-15(12-20)5-7-17/h4-7,16,21H,8-11,13-14H2,1-3H3. The van der Waals surface area contributed by atoms with E-state index in [4.69, 9.17) is 10.00 Å². The van der Waals surface area contributed by atoms with Gasteiger partial charge in [0.1, 0.15) is 5.60 Å². The zero-order chi connectivity index (χ0) is 20.1. The molecule has 1 N–H and O–H groups in total. The van der Waals surface area contributed by atoms with Crippen molar-refractivity contribution < 1.29 is 17.9 Å². The monoisotopic (exact) mass is 393 g/mol. The first-order valence-corrected chi connectivity index (χ1v) is 10.7. The molecule has 0 atom stereocenters. The van der Waals surface area contributed by atoms with Gasteiger partial charge < -0.3 is 9.64 Å². The first kappa shape index (κ1) is 21.2. The Morgan fingerprint density at radius 2 is 1.85 bits per heavy atom. The van der Waals surface area contributed by atoms with E-state index >= 15 is 0 Å². The lowest BCUT2D eigenvalue weighted by atomic mass is 9.97. The molecule has 8 heteroatoms. The van der Waals surface area contributed by atoms with Crippen LogP contribution in [0.1, 0.15) is 44.7 Å². The summed E-state index contributed by atoms with van der Waals surface area (Å²) in [6, 6.07) is 8.52. The van der Waals surface area contributed by atoms with Gasteiger partial charge in [0, 0.05) is 19.6 Å².